The van der Waals surface area contributed by atoms with Crippen molar-refractivity contribution in [2.24, 2.45) is 0 Å². The zero-order chi connectivity index (χ0) is 23.9. The number of hydrogen-bond donors (Lipinski definition) is 2. The number of rotatable bonds is 6. The van der Waals surface area contributed by atoms with Gasteiger partial charge in [0.15, 0.2) is 0 Å². The fourth-order valence-corrected chi connectivity index (χ4v) is 4.93. The number of carbonyl (C=O) groups excluding carboxylic acids is 2. The van der Waals surface area contributed by atoms with Crippen molar-refractivity contribution in [3.05, 3.63) is 96.6 Å². The molecule has 0 saturated heterocycles. The van der Waals surface area contributed by atoms with Gasteiger partial charge in [-0.3, -0.25) is 19.9 Å². The average molecular weight is 463 g/mol. The van der Waals surface area contributed by atoms with Gasteiger partial charge in [-0.25, -0.2) is 0 Å². The van der Waals surface area contributed by atoms with Crippen molar-refractivity contribution in [2.45, 2.75) is 13.0 Å². The summed E-state index contributed by atoms with van der Waals surface area (Å²) in [5.74, 6) is -0.820. The topological polar surface area (TPSA) is 89.2 Å². The maximum Gasteiger partial charge on any atom is 0.259 e. The zero-order valence-electron chi connectivity index (χ0n) is 18.8. The lowest BCUT2D eigenvalue weighted by atomic mass is 9.95. The molecule has 0 radical (unpaired) electrons. The predicted octanol–water partition coefficient (Wildman–Crippen LogP) is 3.93. The van der Waals surface area contributed by atoms with Gasteiger partial charge < -0.3 is 14.2 Å². The SMILES string of the molecule is O=C1NC(=O)C(c2cn(-c3cccnc3)c3ccccc23)=C1c1cn(CCCO)c2ccccc12. The molecule has 6 rings (SSSR count). The Morgan fingerprint density at radius 1 is 0.800 bits per heavy atom. The van der Waals surface area contributed by atoms with E-state index in [0.29, 0.717) is 35.2 Å². The molecule has 3 aromatic heterocycles. The number of aliphatic hydroxyl groups excluding tert-OH is 1. The van der Waals surface area contributed by atoms with E-state index >= 15 is 0 Å². The minimum Gasteiger partial charge on any atom is -0.396 e. The first-order valence-electron chi connectivity index (χ1n) is 11.5. The average Bonchev–Trinajstić information content (AvgIpc) is 3.54. The van der Waals surface area contributed by atoms with Crippen molar-refractivity contribution < 1.29 is 14.7 Å². The highest BCUT2D eigenvalue weighted by Crippen LogP contribution is 2.39. The normalized spacial score (nSPS) is 13.9. The van der Waals surface area contributed by atoms with Gasteiger partial charge in [-0.15, -0.1) is 0 Å². The Labute approximate surface area is 200 Å². The summed E-state index contributed by atoms with van der Waals surface area (Å²) >= 11 is 0. The predicted molar refractivity (Wildman–Crippen MR) is 135 cm³/mol. The van der Waals surface area contributed by atoms with Crippen molar-refractivity contribution in [3.63, 3.8) is 0 Å². The minimum absolute atomic E-state index is 0.0720. The molecule has 0 spiro atoms. The van der Waals surface area contributed by atoms with Crippen molar-refractivity contribution in [2.75, 3.05) is 6.61 Å². The largest absolute Gasteiger partial charge is 0.396 e. The van der Waals surface area contributed by atoms with Crippen molar-refractivity contribution >= 4 is 44.8 Å². The maximum absolute atomic E-state index is 13.2. The molecule has 1 aliphatic rings. The van der Waals surface area contributed by atoms with Crippen LogP contribution in [0.3, 0.4) is 0 Å². The Morgan fingerprint density at radius 2 is 1.46 bits per heavy atom. The molecule has 2 aromatic carbocycles. The van der Waals surface area contributed by atoms with Gasteiger partial charge in [0.05, 0.1) is 28.5 Å². The Bertz CT molecular complexity index is 1640. The number of fused-ring (bicyclic) bond motifs is 2. The van der Waals surface area contributed by atoms with Crippen LogP contribution in [0.15, 0.2) is 85.5 Å². The van der Waals surface area contributed by atoms with Gasteiger partial charge in [0.1, 0.15) is 0 Å². The van der Waals surface area contributed by atoms with Gasteiger partial charge >= 0.3 is 0 Å². The van der Waals surface area contributed by atoms with Gasteiger partial charge in [-0.2, -0.15) is 0 Å². The monoisotopic (exact) mass is 462 g/mol. The Kier molecular flexibility index (Phi) is 5.04. The summed E-state index contributed by atoms with van der Waals surface area (Å²) < 4.78 is 4.02. The standard InChI is InChI=1S/C28H22N4O3/c33-14-6-13-31-16-21(19-8-1-3-10-23(19)31)25-26(28(35)30-27(25)34)22-17-32(18-7-5-12-29-15-18)24-11-4-2-9-20(22)24/h1-5,7-12,15-17,33H,6,13-14H2,(H,30,34,35). The molecule has 7 heteroatoms. The highest BCUT2D eigenvalue weighted by molar-refractivity contribution is 6.50. The first-order valence-corrected chi connectivity index (χ1v) is 11.5. The Balaban J connectivity index is 1.63. The number of benzene rings is 2. The van der Waals surface area contributed by atoms with Crippen LogP contribution in [0.25, 0.3) is 38.6 Å². The second kappa shape index (κ2) is 8.38. The number of pyridine rings is 1. The van der Waals surface area contributed by atoms with Crippen molar-refractivity contribution in [1.82, 2.24) is 19.4 Å². The second-order valence-electron chi connectivity index (χ2n) is 8.50. The zero-order valence-corrected chi connectivity index (χ0v) is 18.8. The second-order valence-corrected chi connectivity index (χ2v) is 8.50. The van der Waals surface area contributed by atoms with Gasteiger partial charge in [0, 0.05) is 59.2 Å². The Morgan fingerprint density at radius 3 is 2.14 bits per heavy atom. The third kappa shape index (κ3) is 3.36. The van der Waals surface area contributed by atoms with Crippen LogP contribution in [0.5, 0.6) is 0 Å². The van der Waals surface area contributed by atoms with E-state index in [9.17, 15) is 14.7 Å². The molecule has 7 nitrogen and oxygen atoms in total. The highest BCUT2D eigenvalue weighted by Gasteiger charge is 2.35. The molecule has 172 valence electrons. The fraction of sp³-hybridized carbons (Fsp3) is 0.107. The fourth-order valence-electron chi connectivity index (χ4n) is 4.93. The molecule has 0 bridgehead atoms. The summed E-state index contributed by atoms with van der Waals surface area (Å²) in [7, 11) is 0. The van der Waals surface area contributed by atoms with Crippen LogP contribution in [0, 0.1) is 0 Å². The maximum atomic E-state index is 13.2. The number of nitrogens with zero attached hydrogens (tertiary/aromatic N) is 3. The number of imide groups is 1. The molecule has 0 atom stereocenters. The molecule has 4 heterocycles. The van der Waals surface area contributed by atoms with Crippen LogP contribution < -0.4 is 5.32 Å². The van der Waals surface area contributed by atoms with Crippen LogP contribution in [0.2, 0.25) is 0 Å². The first kappa shape index (κ1) is 21.1. The van der Waals surface area contributed by atoms with E-state index in [-0.39, 0.29) is 6.61 Å². The first-order chi connectivity index (χ1) is 17.2. The van der Waals surface area contributed by atoms with E-state index in [1.807, 2.05) is 82.2 Å². The van der Waals surface area contributed by atoms with Crippen LogP contribution in [0.4, 0.5) is 0 Å². The molecule has 1 aliphatic heterocycles. The number of aryl methyl sites for hydroxylation is 1. The molecule has 0 fully saturated rings. The summed E-state index contributed by atoms with van der Waals surface area (Å²) in [5.41, 5.74) is 4.85. The molecule has 35 heavy (non-hydrogen) atoms. The number of aromatic nitrogens is 3. The van der Waals surface area contributed by atoms with E-state index in [4.69, 9.17) is 0 Å². The summed E-state index contributed by atoms with van der Waals surface area (Å²) in [6.07, 6.45) is 7.88. The number of nitrogens with one attached hydrogen (secondary N) is 1. The molecule has 0 saturated carbocycles. The molecular formula is C28H22N4O3. The number of aliphatic hydroxyl groups is 1. The number of para-hydroxylation sites is 2. The molecule has 5 aromatic rings. The quantitative estimate of drug-likeness (QED) is 0.374. The number of hydrogen-bond acceptors (Lipinski definition) is 4. The van der Waals surface area contributed by atoms with E-state index in [1.54, 1.807) is 12.4 Å². The molecular weight excluding hydrogens is 440 g/mol. The summed E-state index contributed by atoms with van der Waals surface area (Å²) in [4.78, 5) is 30.7. The number of carbonyl (C=O) groups is 2. The van der Waals surface area contributed by atoms with Crippen molar-refractivity contribution in [1.29, 1.82) is 0 Å². The van der Waals surface area contributed by atoms with Gasteiger partial charge in [-0.1, -0.05) is 36.4 Å². The van der Waals surface area contributed by atoms with Crippen molar-refractivity contribution in [3.8, 4) is 5.69 Å². The minimum atomic E-state index is -0.411. The lowest BCUT2D eigenvalue weighted by molar-refractivity contribution is -0.122. The summed E-state index contributed by atoms with van der Waals surface area (Å²) in [5, 5.41) is 13.6. The van der Waals surface area contributed by atoms with E-state index in [1.165, 1.54) is 0 Å². The summed E-state index contributed by atoms with van der Waals surface area (Å²) in [6.45, 7) is 0.679. The van der Waals surface area contributed by atoms with E-state index in [2.05, 4.69) is 10.3 Å². The third-order valence-corrected chi connectivity index (χ3v) is 6.45. The van der Waals surface area contributed by atoms with Crippen LogP contribution in [-0.2, 0) is 16.1 Å². The highest BCUT2D eigenvalue weighted by atomic mass is 16.3. The molecule has 0 aliphatic carbocycles. The van der Waals surface area contributed by atoms with Crippen LogP contribution >= 0.6 is 0 Å². The molecule has 2 N–H and O–H groups in total. The molecule has 0 unspecified atom stereocenters. The van der Waals surface area contributed by atoms with Gasteiger partial charge in [0.25, 0.3) is 11.8 Å². The third-order valence-electron chi connectivity index (χ3n) is 6.45. The smallest absolute Gasteiger partial charge is 0.259 e. The van der Waals surface area contributed by atoms with Crippen LogP contribution in [0.1, 0.15) is 17.5 Å². The van der Waals surface area contributed by atoms with Gasteiger partial charge in [0.2, 0.25) is 0 Å². The van der Waals surface area contributed by atoms with E-state index in [0.717, 1.165) is 27.5 Å². The van der Waals surface area contributed by atoms with Gasteiger partial charge in [-0.05, 0) is 30.7 Å². The molecule has 2 amide bonds. The lowest BCUT2D eigenvalue weighted by Crippen LogP contribution is -2.22. The Hall–Kier alpha value is -4.49. The van der Waals surface area contributed by atoms with Crippen LogP contribution in [-0.4, -0.2) is 37.6 Å². The number of amides is 2. The lowest BCUT2D eigenvalue weighted by Gasteiger charge is -2.03. The summed E-state index contributed by atoms with van der Waals surface area (Å²) in [6, 6.07) is 19.4. The van der Waals surface area contributed by atoms with E-state index < -0.39 is 11.8 Å².